The minimum absolute atomic E-state index is 0.279. The molecule has 0 aromatic heterocycles. The van der Waals surface area contributed by atoms with Gasteiger partial charge in [0.05, 0.1) is 0 Å². The first-order chi connectivity index (χ1) is 9.07. The van der Waals surface area contributed by atoms with Crippen LogP contribution in [0, 0.1) is 0 Å². The molecule has 4 nitrogen and oxygen atoms in total. The maximum absolute atomic E-state index is 10.7. The van der Waals surface area contributed by atoms with Crippen LogP contribution < -0.4 is 0 Å². The molecule has 0 spiro atoms. The summed E-state index contributed by atoms with van der Waals surface area (Å²) >= 11 is 0. The molecule has 0 aromatic rings. The second-order valence-electron chi connectivity index (χ2n) is 4.84. The maximum Gasteiger partial charge on any atom is 0.331 e. The van der Waals surface area contributed by atoms with Gasteiger partial charge in [-0.2, -0.15) is 0 Å². The minimum atomic E-state index is -0.805. The van der Waals surface area contributed by atoms with Gasteiger partial charge in [0.25, 0.3) is 0 Å². The molecule has 0 aliphatic heterocycles. The highest BCUT2D eigenvalue weighted by Crippen LogP contribution is 2.13. The Kier molecular flexibility index (Phi) is 10.9. The Morgan fingerprint density at radius 2 is 1.21 bits per heavy atom. The summed E-state index contributed by atoms with van der Waals surface area (Å²) in [6.45, 7) is 1.76. The summed E-state index contributed by atoms with van der Waals surface area (Å²) in [6.07, 6.45) is 10.9. The van der Waals surface area contributed by atoms with Crippen molar-refractivity contribution >= 4 is 11.9 Å². The van der Waals surface area contributed by atoms with E-state index in [1.54, 1.807) is 13.0 Å². The summed E-state index contributed by atoms with van der Waals surface area (Å²) in [7, 11) is 0. The van der Waals surface area contributed by atoms with Gasteiger partial charge in [-0.25, -0.2) is 4.79 Å². The van der Waals surface area contributed by atoms with E-state index >= 15 is 0 Å². The predicted octanol–water partition coefficient (Wildman–Crippen LogP) is 4.00. The third-order valence-electron chi connectivity index (χ3n) is 3.21. The van der Waals surface area contributed by atoms with Crippen LogP contribution in [0.3, 0.4) is 0 Å². The van der Waals surface area contributed by atoms with Gasteiger partial charge in [0, 0.05) is 12.0 Å². The molecule has 2 N–H and O–H groups in total. The largest absolute Gasteiger partial charge is 0.481 e. The number of carboxylic acids is 2. The zero-order valence-corrected chi connectivity index (χ0v) is 11.9. The van der Waals surface area contributed by atoms with E-state index in [4.69, 9.17) is 10.2 Å². The quantitative estimate of drug-likeness (QED) is 0.415. The minimum Gasteiger partial charge on any atom is -0.481 e. The van der Waals surface area contributed by atoms with Crippen molar-refractivity contribution in [3.05, 3.63) is 11.6 Å². The van der Waals surface area contributed by atoms with Gasteiger partial charge in [-0.05, 0) is 26.2 Å². The van der Waals surface area contributed by atoms with Crippen LogP contribution in [-0.4, -0.2) is 22.2 Å². The summed E-state index contributed by atoms with van der Waals surface area (Å²) in [5.74, 6) is -1.51. The van der Waals surface area contributed by atoms with Crippen LogP contribution in [0.1, 0.15) is 71.1 Å². The average molecular weight is 270 g/mol. The van der Waals surface area contributed by atoms with Crippen molar-refractivity contribution in [1.82, 2.24) is 0 Å². The van der Waals surface area contributed by atoms with Crippen LogP contribution in [0.25, 0.3) is 0 Å². The SMILES string of the molecule is CC=C(CCCCCCCCCCC(=O)O)C(=O)O. The van der Waals surface area contributed by atoms with Crippen LogP contribution in [0.4, 0.5) is 0 Å². The third kappa shape index (κ3) is 11.5. The smallest absolute Gasteiger partial charge is 0.331 e. The molecule has 0 aromatic carbocycles. The first-order valence-corrected chi connectivity index (χ1v) is 7.18. The zero-order chi connectivity index (χ0) is 14.5. The molecule has 0 aliphatic rings. The summed E-state index contributed by atoms with van der Waals surface area (Å²) in [4.78, 5) is 21.0. The summed E-state index contributed by atoms with van der Waals surface area (Å²) in [6, 6.07) is 0. The monoisotopic (exact) mass is 270 g/mol. The lowest BCUT2D eigenvalue weighted by Crippen LogP contribution is -1.99. The highest BCUT2D eigenvalue weighted by molar-refractivity contribution is 5.86. The van der Waals surface area contributed by atoms with E-state index in [2.05, 4.69) is 0 Å². The number of carboxylic acid groups (broad SMARTS) is 2. The molecule has 0 radical (unpaired) electrons. The topological polar surface area (TPSA) is 74.6 Å². The average Bonchev–Trinajstić information content (AvgIpc) is 2.35. The lowest BCUT2D eigenvalue weighted by atomic mass is 10.0. The first-order valence-electron chi connectivity index (χ1n) is 7.18. The number of allylic oxidation sites excluding steroid dienone is 1. The van der Waals surface area contributed by atoms with E-state index in [-0.39, 0.29) is 6.42 Å². The van der Waals surface area contributed by atoms with Crippen LogP contribution >= 0.6 is 0 Å². The van der Waals surface area contributed by atoms with Gasteiger partial charge in [0.15, 0.2) is 0 Å². The van der Waals surface area contributed by atoms with Gasteiger partial charge in [-0.3, -0.25) is 4.79 Å². The Bertz CT molecular complexity index is 295. The zero-order valence-electron chi connectivity index (χ0n) is 11.9. The van der Waals surface area contributed by atoms with Crippen molar-refractivity contribution in [1.29, 1.82) is 0 Å². The Morgan fingerprint density at radius 1 is 0.789 bits per heavy atom. The summed E-state index contributed by atoms with van der Waals surface area (Å²) in [5.41, 5.74) is 0.508. The number of rotatable bonds is 12. The molecule has 0 fully saturated rings. The second kappa shape index (κ2) is 11.8. The fraction of sp³-hybridized carbons (Fsp3) is 0.733. The number of hydrogen-bond acceptors (Lipinski definition) is 2. The molecule has 0 atom stereocenters. The highest BCUT2D eigenvalue weighted by atomic mass is 16.4. The molecule has 110 valence electrons. The fourth-order valence-electron chi connectivity index (χ4n) is 2.03. The number of unbranched alkanes of at least 4 members (excludes halogenated alkanes) is 7. The second-order valence-corrected chi connectivity index (χ2v) is 4.84. The van der Waals surface area contributed by atoms with Gasteiger partial charge < -0.3 is 10.2 Å². The van der Waals surface area contributed by atoms with E-state index in [0.717, 1.165) is 51.4 Å². The van der Waals surface area contributed by atoms with Gasteiger partial charge >= 0.3 is 11.9 Å². The molecule has 19 heavy (non-hydrogen) atoms. The maximum atomic E-state index is 10.7. The number of aliphatic carboxylic acids is 2. The van der Waals surface area contributed by atoms with Gasteiger partial charge in [-0.1, -0.05) is 44.6 Å². The summed E-state index contributed by atoms with van der Waals surface area (Å²) < 4.78 is 0. The molecule has 0 rings (SSSR count). The van der Waals surface area contributed by atoms with E-state index in [9.17, 15) is 9.59 Å². The van der Waals surface area contributed by atoms with Crippen LogP contribution in [-0.2, 0) is 9.59 Å². The Labute approximate surface area is 115 Å². The Balaban J connectivity index is 3.28. The molecule has 0 unspecified atom stereocenters. The molecular formula is C15H26O4. The predicted molar refractivity (Wildman–Crippen MR) is 75.2 cm³/mol. The molecule has 4 heteroatoms. The van der Waals surface area contributed by atoms with E-state index < -0.39 is 11.9 Å². The van der Waals surface area contributed by atoms with E-state index in [1.807, 2.05) is 0 Å². The molecule has 0 saturated carbocycles. The van der Waals surface area contributed by atoms with Crippen molar-refractivity contribution in [2.75, 3.05) is 0 Å². The standard InChI is InChI=1S/C15H26O4/c1-2-13(15(18)19)11-9-7-5-3-4-6-8-10-12-14(16)17/h2H,3-12H2,1H3,(H,16,17)(H,18,19). The molecule has 0 amide bonds. The molecule has 0 heterocycles. The fourth-order valence-corrected chi connectivity index (χ4v) is 2.03. The number of carbonyl (C=O) groups is 2. The molecule has 0 saturated heterocycles. The van der Waals surface area contributed by atoms with Crippen molar-refractivity contribution in [2.45, 2.75) is 71.1 Å². The Morgan fingerprint density at radius 3 is 1.58 bits per heavy atom. The Hall–Kier alpha value is -1.32. The first kappa shape index (κ1) is 17.7. The highest BCUT2D eigenvalue weighted by Gasteiger charge is 2.04. The van der Waals surface area contributed by atoms with Crippen molar-refractivity contribution in [3.63, 3.8) is 0 Å². The van der Waals surface area contributed by atoms with Crippen molar-refractivity contribution in [3.8, 4) is 0 Å². The van der Waals surface area contributed by atoms with Gasteiger partial charge in [0.1, 0.15) is 0 Å². The van der Waals surface area contributed by atoms with Crippen LogP contribution in [0.5, 0.6) is 0 Å². The molecular weight excluding hydrogens is 244 g/mol. The third-order valence-corrected chi connectivity index (χ3v) is 3.21. The van der Waals surface area contributed by atoms with Crippen molar-refractivity contribution < 1.29 is 19.8 Å². The van der Waals surface area contributed by atoms with Crippen LogP contribution in [0.2, 0.25) is 0 Å². The van der Waals surface area contributed by atoms with E-state index in [1.165, 1.54) is 0 Å². The molecule has 0 aliphatic carbocycles. The number of hydrogen-bond donors (Lipinski definition) is 2. The molecule has 0 bridgehead atoms. The van der Waals surface area contributed by atoms with Gasteiger partial charge in [-0.15, -0.1) is 0 Å². The van der Waals surface area contributed by atoms with E-state index in [0.29, 0.717) is 12.0 Å². The normalized spacial score (nSPS) is 11.5. The lowest BCUT2D eigenvalue weighted by Gasteiger charge is -2.03. The lowest BCUT2D eigenvalue weighted by molar-refractivity contribution is -0.137. The van der Waals surface area contributed by atoms with Gasteiger partial charge in [0.2, 0.25) is 0 Å². The van der Waals surface area contributed by atoms with Crippen molar-refractivity contribution in [2.24, 2.45) is 0 Å². The van der Waals surface area contributed by atoms with Crippen LogP contribution in [0.15, 0.2) is 11.6 Å². The summed E-state index contributed by atoms with van der Waals surface area (Å²) in [5, 5.41) is 17.3.